The summed E-state index contributed by atoms with van der Waals surface area (Å²) in [5.74, 6) is 1.27. The third-order valence-electron chi connectivity index (χ3n) is 5.32. The number of rotatable bonds is 6. The Hall–Kier alpha value is -0.620. The van der Waals surface area contributed by atoms with Crippen molar-refractivity contribution in [3.8, 4) is 0 Å². The lowest BCUT2D eigenvalue weighted by molar-refractivity contribution is 0.197. The van der Waals surface area contributed by atoms with Crippen molar-refractivity contribution in [2.45, 2.75) is 57.2 Å². The molecule has 0 aromatic heterocycles. The van der Waals surface area contributed by atoms with E-state index in [1.807, 2.05) is 11.8 Å². The van der Waals surface area contributed by atoms with Gasteiger partial charge in [-0.25, -0.2) is 4.79 Å². The largest absolute Gasteiger partial charge is 0.334 e. The molecule has 4 atom stereocenters. The maximum Gasteiger partial charge on any atom is 0.317 e. The number of carbonyl (C=O) groups excluding carboxylic acids is 1. The molecule has 134 valence electrons. The van der Waals surface area contributed by atoms with Crippen LogP contribution in [-0.2, 0) is 10.8 Å². The third kappa shape index (κ3) is 5.18. The lowest BCUT2D eigenvalue weighted by Gasteiger charge is -2.32. The van der Waals surface area contributed by atoms with Gasteiger partial charge in [0, 0.05) is 42.2 Å². The van der Waals surface area contributed by atoms with Gasteiger partial charge in [0.15, 0.2) is 0 Å². The average Bonchev–Trinajstić information content (AvgIpc) is 3.03. The standard InChI is InChI=1S/C17H33N3O2S/c1-4-19(3)12-14-10-11-20(13-14)17(21)18-15-8-6-7-9-16(15)23(22)5-2/h14-16H,4-13H2,1-3H3,(H,18,21)/t14-,15+,16+,23+/m0/s1. The fraction of sp³-hybridized carbons (Fsp3) is 0.941. The van der Waals surface area contributed by atoms with Crippen LogP contribution in [0.2, 0.25) is 0 Å². The van der Waals surface area contributed by atoms with E-state index in [-0.39, 0.29) is 17.3 Å². The first-order valence-electron chi connectivity index (χ1n) is 9.16. The van der Waals surface area contributed by atoms with E-state index in [2.05, 4.69) is 24.2 Å². The highest BCUT2D eigenvalue weighted by Gasteiger charge is 2.33. The molecular formula is C17H33N3O2S. The van der Waals surface area contributed by atoms with Gasteiger partial charge in [0.1, 0.15) is 0 Å². The van der Waals surface area contributed by atoms with E-state index in [0.717, 1.165) is 58.3 Å². The Balaban J connectivity index is 1.85. The van der Waals surface area contributed by atoms with Crippen molar-refractivity contribution in [3.05, 3.63) is 0 Å². The van der Waals surface area contributed by atoms with Gasteiger partial charge in [-0.05, 0) is 38.8 Å². The molecule has 1 saturated heterocycles. The molecule has 2 aliphatic rings. The van der Waals surface area contributed by atoms with Crippen molar-refractivity contribution in [3.63, 3.8) is 0 Å². The number of hydrogen-bond acceptors (Lipinski definition) is 3. The predicted octanol–water partition coefficient (Wildman–Crippen LogP) is 2.05. The van der Waals surface area contributed by atoms with Gasteiger partial charge < -0.3 is 15.1 Å². The first-order chi connectivity index (χ1) is 11.0. The molecule has 1 aliphatic heterocycles. The van der Waals surface area contributed by atoms with Crippen LogP contribution in [0.25, 0.3) is 0 Å². The quantitative estimate of drug-likeness (QED) is 0.803. The van der Waals surface area contributed by atoms with E-state index in [0.29, 0.717) is 11.7 Å². The van der Waals surface area contributed by atoms with Gasteiger partial charge in [0.25, 0.3) is 0 Å². The van der Waals surface area contributed by atoms with Crippen molar-refractivity contribution < 1.29 is 9.00 Å². The molecule has 1 aliphatic carbocycles. The highest BCUT2D eigenvalue weighted by Crippen LogP contribution is 2.24. The summed E-state index contributed by atoms with van der Waals surface area (Å²) < 4.78 is 12.2. The maximum atomic E-state index is 12.6. The molecule has 1 saturated carbocycles. The molecular weight excluding hydrogens is 310 g/mol. The summed E-state index contributed by atoms with van der Waals surface area (Å²) in [4.78, 5) is 16.8. The Labute approximate surface area is 143 Å². The smallest absolute Gasteiger partial charge is 0.317 e. The third-order valence-corrected chi connectivity index (χ3v) is 7.13. The summed E-state index contributed by atoms with van der Waals surface area (Å²) in [6.07, 6.45) is 5.31. The van der Waals surface area contributed by atoms with Crippen molar-refractivity contribution in [2.75, 3.05) is 39.0 Å². The molecule has 0 bridgehead atoms. The normalized spacial score (nSPS) is 29.7. The molecule has 0 unspecified atom stereocenters. The van der Waals surface area contributed by atoms with Crippen LogP contribution in [0.5, 0.6) is 0 Å². The molecule has 5 nitrogen and oxygen atoms in total. The van der Waals surface area contributed by atoms with Crippen LogP contribution < -0.4 is 5.32 Å². The molecule has 6 heteroatoms. The highest BCUT2D eigenvalue weighted by atomic mass is 32.2. The van der Waals surface area contributed by atoms with Gasteiger partial charge in [-0.1, -0.05) is 26.7 Å². The molecule has 2 fully saturated rings. The van der Waals surface area contributed by atoms with E-state index in [4.69, 9.17) is 0 Å². The number of hydrogen-bond donors (Lipinski definition) is 1. The van der Waals surface area contributed by atoms with Crippen LogP contribution in [0.3, 0.4) is 0 Å². The van der Waals surface area contributed by atoms with E-state index < -0.39 is 10.8 Å². The van der Waals surface area contributed by atoms with Gasteiger partial charge in [-0.2, -0.15) is 0 Å². The van der Waals surface area contributed by atoms with Crippen LogP contribution in [-0.4, -0.2) is 70.3 Å². The molecule has 1 heterocycles. The van der Waals surface area contributed by atoms with E-state index in [1.165, 1.54) is 0 Å². The Kier molecular flexibility index (Phi) is 7.34. The summed E-state index contributed by atoms with van der Waals surface area (Å²) in [5.41, 5.74) is 0. The number of likely N-dealkylation sites (tertiary alicyclic amines) is 1. The highest BCUT2D eigenvalue weighted by molar-refractivity contribution is 7.85. The summed E-state index contributed by atoms with van der Waals surface area (Å²) in [5, 5.41) is 3.34. The second kappa shape index (κ2) is 9.02. The fourth-order valence-electron chi connectivity index (χ4n) is 3.78. The number of carbonyl (C=O) groups is 1. The minimum Gasteiger partial charge on any atom is -0.334 e. The average molecular weight is 344 g/mol. The second-order valence-electron chi connectivity index (χ2n) is 7.00. The molecule has 0 aromatic carbocycles. The number of urea groups is 1. The minimum atomic E-state index is -0.817. The van der Waals surface area contributed by atoms with E-state index >= 15 is 0 Å². The number of nitrogens with one attached hydrogen (secondary N) is 1. The van der Waals surface area contributed by atoms with Gasteiger partial charge in [-0.3, -0.25) is 4.21 Å². The zero-order valence-electron chi connectivity index (χ0n) is 14.9. The van der Waals surface area contributed by atoms with Gasteiger partial charge in [0.05, 0.1) is 5.25 Å². The van der Waals surface area contributed by atoms with Crippen molar-refractivity contribution in [2.24, 2.45) is 5.92 Å². The zero-order chi connectivity index (χ0) is 16.8. The Morgan fingerprint density at radius 3 is 2.70 bits per heavy atom. The van der Waals surface area contributed by atoms with Crippen LogP contribution >= 0.6 is 0 Å². The van der Waals surface area contributed by atoms with E-state index in [1.54, 1.807) is 0 Å². The first kappa shape index (κ1) is 18.7. The molecule has 0 radical (unpaired) electrons. The number of amides is 2. The zero-order valence-corrected chi connectivity index (χ0v) is 15.7. The van der Waals surface area contributed by atoms with Crippen LogP contribution in [0.1, 0.15) is 46.0 Å². The summed E-state index contributed by atoms with van der Waals surface area (Å²) in [6, 6.07) is 0.144. The Morgan fingerprint density at radius 1 is 1.26 bits per heavy atom. The van der Waals surface area contributed by atoms with Crippen molar-refractivity contribution in [1.82, 2.24) is 15.1 Å². The van der Waals surface area contributed by atoms with Crippen LogP contribution in [0.4, 0.5) is 4.79 Å². The van der Waals surface area contributed by atoms with Crippen molar-refractivity contribution >= 4 is 16.8 Å². The molecule has 2 rings (SSSR count). The lowest BCUT2D eigenvalue weighted by atomic mass is 9.95. The Bertz CT molecular complexity index is 419. The van der Waals surface area contributed by atoms with Gasteiger partial charge in [0.2, 0.25) is 0 Å². The molecule has 2 amide bonds. The minimum absolute atomic E-state index is 0.0525. The fourth-order valence-corrected chi connectivity index (χ4v) is 5.20. The summed E-state index contributed by atoms with van der Waals surface area (Å²) in [6.45, 7) is 7.95. The lowest BCUT2D eigenvalue weighted by Crippen LogP contribution is -2.51. The SMILES string of the molecule is CCN(C)C[C@@H]1CCN(C(=O)N[C@@H]2CCCC[C@H]2[S@](=O)CC)C1. The van der Waals surface area contributed by atoms with Gasteiger partial charge >= 0.3 is 6.03 Å². The topological polar surface area (TPSA) is 52.6 Å². The summed E-state index contributed by atoms with van der Waals surface area (Å²) in [7, 11) is 1.32. The molecule has 0 spiro atoms. The summed E-state index contributed by atoms with van der Waals surface area (Å²) >= 11 is 0. The van der Waals surface area contributed by atoms with Gasteiger partial charge in [-0.15, -0.1) is 0 Å². The maximum absolute atomic E-state index is 12.6. The molecule has 0 aromatic rings. The molecule has 23 heavy (non-hydrogen) atoms. The first-order valence-corrected chi connectivity index (χ1v) is 10.5. The van der Waals surface area contributed by atoms with Crippen LogP contribution in [0.15, 0.2) is 0 Å². The second-order valence-corrected chi connectivity index (χ2v) is 8.95. The Morgan fingerprint density at radius 2 is 2.00 bits per heavy atom. The number of nitrogens with zero attached hydrogens (tertiary/aromatic N) is 2. The predicted molar refractivity (Wildman–Crippen MR) is 96.1 cm³/mol. The molecule has 1 N–H and O–H groups in total. The van der Waals surface area contributed by atoms with Crippen LogP contribution in [0, 0.1) is 5.92 Å². The van der Waals surface area contributed by atoms with E-state index in [9.17, 15) is 9.00 Å². The van der Waals surface area contributed by atoms with Crippen molar-refractivity contribution in [1.29, 1.82) is 0 Å². The monoisotopic (exact) mass is 343 g/mol.